The normalized spacial score (nSPS) is 12.7. The Bertz CT molecular complexity index is 942. The largest absolute Gasteiger partial charge is 0.336 e. The first-order valence-corrected chi connectivity index (χ1v) is 11.5. The first kappa shape index (κ1) is 22.1. The molecular weight excluding hydrogens is 396 g/mol. The number of carbonyl (C=O) groups is 3. The number of hydrogen-bond acceptors (Lipinski definition) is 4. The van der Waals surface area contributed by atoms with E-state index in [1.807, 2.05) is 48.7 Å². The molecule has 158 valence electrons. The van der Waals surface area contributed by atoms with Crippen LogP contribution < -0.4 is 5.32 Å². The summed E-state index contributed by atoms with van der Waals surface area (Å²) < 4.78 is 0. The Kier molecular flexibility index (Phi) is 7.69. The van der Waals surface area contributed by atoms with Gasteiger partial charge < -0.3 is 10.2 Å². The highest BCUT2D eigenvalue weighted by Gasteiger charge is 2.17. The van der Waals surface area contributed by atoms with Gasteiger partial charge in [0.15, 0.2) is 5.78 Å². The van der Waals surface area contributed by atoms with Gasteiger partial charge in [0.05, 0.1) is 12.2 Å². The predicted octanol–water partition coefficient (Wildman–Crippen LogP) is 4.35. The van der Waals surface area contributed by atoms with Crippen molar-refractivity contribution in [1.29, 1.82) is 0 Å². The monoisotopic (exact) mass is 424 g/mol. The van der Waals surface area contributed by atoms with Gasteiger partial charge in [0.25, 0.3) is 0 Å². The first-order chi connectivity index (χ1) is 14.5. The molecule has 0 atom stereocenters. The molecule has 2 aromatic rings. The van der Waals surface area contributed by atoms with E-state index in [-0.39, 0.29) is 37.0 Å². The Morgan fingerprint density at radius 3 is 2.50 bits per heavy atom. The van der Waals surface area contributed by atoms with E-state index in [0.717, 1.165) is 29.8 Å². The molecule has 0 fully saturated rings. The summed E-state index contributed by atoms with van der Waals surface area (Å²) in [6.07, 6.45) is 6.67. The van der Waals surface area contributed by atoms with E-state index in [4.69, 9.17) is 0 Å². The van der Waals surface area contributed by atoms with E-state index in [9.17, 15) is 14.4 Å². The molecule has 6 heteroatoms. The standard InChI is InChI=1S/C24H28N2O3S/c1-26(16-23(28)25-20-9-5-6-10-22(20)30-2)24(29)14-13-21(27)19-12-11-17-7-3-4-8-18(17)15-19/h5-6,9-12,15H,3-4,7-8,13-14,16H2,1-2H3,(H,25,28). The van der Waals surface area contributed by atoms with Crippen LogP contribution in [0.2, 0.25) is 0 Å². The van der Waals surface area contributed by atoms with Gasteiger partial charge in [-0.1, -0.05) is 24.3 Å². The summed E-state index contributed by atoms with van der Waals surface area (Å²) in [4.78, 5) is 39.6. The quantitative estimate of drug-likeness (QED) is 0.505. The van der Waals surface area contributed by atoms with Gasteiger partial charge in [0.1, 0.15) is 0 Å². The number of benzene rings is 2. The Morgan fingerprint density at radius 2 is 1.73 bits per heavy atom. The average Bonchev–Trinajstić information content (AvgIpc) is 2.77. The highest BCUT2D eigenvalue weighted by molar-refractivity contribution is 7.98. The van der Waals surface area contributed by atoms with E-state index >= 15 is 0 Å². The van der Waals surface area contributed by atoms with Crippen LogP contribution in [0.25, 0.3) is 0 Å². The van der Waals surface area contributed by atoms with Gasteiger partial charge in [0.2, 0.25) is 11.8 Å². The Labute approximate surface area is 182 Å². The van der Waals surface area contributed by atoms with Crippen molar-refractivity contribution < 1.29 is 14.4 Å². The van der Waals surface area contributed by atoms with Crippen molar-refractivity contribution in [1.82, 2.24) is 4.90 Å². The summed E-state index contributed by atoms with van der Waals surface area (Å²) in [5, 5.41) is 2.85. The summed E-state index contributed by atoms with van der Waals surface area (Å²) in [7, 11) is 1.59. The van der Waals surface area contributed by atoms with Crippen molar-refractivity contribution in [3.63, 3.8) is 0 Å². The van der Waals surface area contributed by atoms with Gasteiger partial charge in [-0.25, -0.2) is 0 Å². The molecule has 1 N–H and O–H groups in total. The third kappa shape index (κ3) is 5.72. The minimum atomic E-state index is -0.256. The fourth-order valence-corrected chi connectivity index (χ4v) is 4.26. The lowest BCUT2D eigenvalue weighted by molar-refractivity contribution is -0.133. The predicted molar refractivity (Wildman–Crippen MR) is 121 cm³/mol. The maximum absolute atomic E-state index is 12.5. The molecule has 2 aromatic carbocycles. The van der Waals surface area contributed by atoms with Crippen LogP contribution in [-0.4, -0.2) is 42.3 Å². The number of ketones is 1. The molecule has 5 nitrogen and oxygen atoms in total. The number of fused-ring (bicyclic) bond motifs is 1. The molecule has 0 spiro atoms. The number of likely N-dealkylation sites (N-methyl/N-ethyl adjacent to an activating group) is 1. The molecule has 0 aliphatic heterocycles. The molecule has 3 rings (SSSR count). The number of nitrogens with zero attached hydrogens (tertiary/aromatic N) is 1. The average molecular weight is 425 g/mol. The second-order valence-corrected chi connectivity index (χ2v) is 8.46. The van der Waals surface area contributed by atoms with E-state index in [1.54, 1.807) is 18.8 Å². The van der Waals surface area contributed by atoms with Crippen LogP contribution in [-0.2, 0) is 22.4 Å². The minimum absolute atomic E-state index is 0.0246. The van der Waals surface area contributed by atoms with Crippen LogP contribution in [0.5, 0.6) is 0 Å². The molecule has 1 aliphatic rings. The van der Waals surface area contributed by atoms with E-state index in [2.05, 4.69) is 5.32 Å². The van der Waals surface area contributed by atoms with Gasteiger partial charge >= 0.3 is 0 Å². The number of para-hydroxylation sites is 1. The van der Waals surface area contributed by atoms with Crippen molar-refractivity contribution >= 4 is 35.0 Å². The van der Waals surface area contributed by atoms with Gasteiger partial charge in [0, 0.05) is 30.3 Å². The van der Waals surface area contributed by atoms with Gasteiger partial charge in [-0.2, -0.15) is 0 Å². The second-order valence-electron chi connectivity index (χ2n) is 7.61. The van der Waals surface area contributed by atoms with Crippen LogP contribution >= 0.6 is 11.8 Å². The van der Waals surface area contributed by atoms with E-state index in [0.29, 0.717) is 5.56 Å². The number of Topliss-reactive ketones (excluding diaryl/α,β-unsaturated/α-hetero) is 1. The number of carbonyl (C=O) groups excluding carboxylic acids is 3. The fraction of sp³-hybridized carbons (Fsp3) is 0.375. The van der Waals surface area contributed by atoms with Crippen molar-refractivity contribution in [3.05, 3.63) is 59.2 Å². The van der Waals surface area contributed by atoms with E-state index < -0.39 is 0 Å². The number of anilines is 1. The molecule has 0 saturated heterocycles. The Morgan fingerprint density at radius 1 is 1.00 bits per heavy atom. The Balaban J connectivity index is 1.49. The van der Waals surface area contributed by atoms with Crippen LogP contribution in [0, 0.1) is 0 Å². The number of amides is 2. The minimum Gasteiger partial charge on any atom is -0.336 e. The molecule has 2 amide bonds. The second kappa shape index (κ2) is 10.4. The molecule has 0 saturated carbocycles. The summed E-state index contributed by atoms with van der Waals surface area (Å²) in [6.45, 7) is -0.0470. The zero-order valence-corrected chi connectivity index (χ0v) is 18.4. The summed E-state index contributed by atoms with van der Waals surface area (Å²) in [5.41, 5.74) is 4.01. The molecule has 0 radical (unpaired) electrons. The third-order valence-corrected chi connectivity index (χ3v) is 6.22. The maximum atomic E-state index is 12.5. The van der Waals surface area contributed by atoms with Crippen molar-refractivity contribution in [2.75, 3.05) is 25.2 Å². The lowest BCUT2D eigenvalue weighted by Crippen LogP contribution is -2.35. The van der Waals surface area contributed by atoms with Crippen LogP contribution in [0.4, 0.5) is 5.69 Å². The van der Waals surface area contributed by atoms with Crippen LogP contribution in [0.1, 0.15) is 47.2 Å². The molecular formula is C24H28N2O3S. The molecule has 1 aliphatic carbocycles. The van der Waals surface area contributed by atoms with Gasteiger partial charge in [-0.15, -0.1) is 11.8 Å². The van der Waals surface area contributed by atoms with Crippen LogP contribution in [0.15, 0.2) is 47.4 Å². The summed E-state index contributed by atoms with van der Waals surface area (Å²) in [5.74, 6) is -0.494. The number of thioether (sulfide) groups is 1. The topological polar surface area (TPSA) is 66.5 Å². The summed E-state index contributed by atoms with van der Waals surface area (Å²) in [6, 6.07) is 13.4. The van der Waals surface area contributed by atoms with Gasteiger partial charge in [-0.05, 0) is 61.3 Å². The van der Waals surface area contributed by atoms with Crippen molar-refractivity contribution in [2.24, 2.45) is 0 Å². The first-order valence-electron chi connectivity index (χ1n) is 10.3. The van der Waals surface area contributed by atoms with Crippen molar-refractivity contribution in [3.8, 4) is 0 Å². The molecule has 0 unspecified atom stereocenters. The molecule has 0 aromatic heterocycles. The highest BCUT2D eigenvalue weighted by Crippen LogP contribution is 2.25. The van der Waals surface area contributed by atoms with E-state index in [1.165, 1.54) is 22.4 Å². The molecule has 0 bridgehead atoms. The van der Waals surface area contributed by atoms with Crippen LogP contribution in [0.3, 0.4) is 0 Å². The smallest absolute Gasteiger partial charge is 0.244 e. The number of hydrogen-bond donors (Lipinski definition) is 1. The number of nitrogens with one attached hydrogen (secondary N) is 1. The highest BCUT2D eigenvalue weighted by atomic mass is 32.2. The zero-order valence-electron chi connectivity index (χ0n) is 17.6. The fourth-order valence-electron chi connectivity index (χ4n) is 3.70. The van der Waals surface area contributed by atoms with Crippen molar-refractivity contribution in [2.45, 2.75) is 43.4 Å². The maximum Gasteiger partial charge on any atom is 0.244 e. The number of aryl methyl sites for hydroxylation is 2. The molecule has 30 heavy (non-hydrogen) atoms. The lowest BCUT2D eigenvalue weighted by Gasteiger charge is -2.18. The van der Waals surface area contributed by atoms with Gasteiger partial charge in [-0.3, -0.25) is 14.4 Å². The summed E-state index contributed by atoms with van der Waals surface area (Å²) >= 11 is 1.55. The lowest BCUT2D eigenvalue weighted by atomic mass is 9.89. The number of rotatable bonds is 8. The third-order valence-electron chi connectivity index (χ3n) is 5.42. The molecule has 0 heterocycles. The Hall–Kier alpha value is -2.60. The zero-order chi connectivity index (χ0) is 21.5. The SMILES string of the molecule is CSc1ccccc1NC(=O)CN(C)C(=O)CCC(=O)c1ccc2c(c1)CCCC2.